The molecular formula is C32H56O6Si. The van der Waals surface area contributed by atoms with E-state index in [-0.39, 0.29) is 24.6 Å². The zero-order valence-electron chi connectivity index (χ0n) is 25.9. The van der Waals surface area contributed by atoms with Crippen LogP contribution in [-0.4, -0.2) is 49.3 Å². The molecule has 4 rings (SSSR count). The van der Waals surface area contributed by atoms with Gasteiger partial charge in [0, 0.05) is 19.3 Å². The molecule has 0 amide bonds. The minimum absolute atomic E-state index is 0.149. The van der Waals surface area contributed by atoms with Crippen LogP contribution in [0.2, 0.25) is 18.1 Å². The molecule has 0 N–H and O–H groups in total. The third kappa shape index (κ3) is 6.85. The smallest absolute Gasteiger partial charge is 0.308 e. The number of hydrogen-bond donors (Lipinski definition) is 0. The van der Waals surface area contributed by atoms with E-state index in [0.29, 0.717) is 5.92 Å². The van der Waals surface area contributed by atoms with Gasteiger partial charge in [0.15, 0.2) is 19.9 Å². The summed E-state index contributed by atoms with van der Waals surface area (Å²) in [5.74, 6) is -1.33. The van der Waals surface area contributed by atoms with Crippen molar-refractivity contribution in [3.05, 3.63) is 12.2 Å². The molecule has 3 fully saturated rings. The predicted molar refractivity (Wildman–Crippen MR) is 157 cm³/mol. The first kappa shape index (κ1) is 31.2. The van der Waals surface area contributed by atoms with Crippen LogP contribution in [0.4, 0.5) is 0 Å². The summed E-state index contributed by atoms with van der Waals surface area (Å²) in [5.41, 5.74) is -1.04. The van der Waals surface area contributed by atoms with E-state index in [0.717, 1.165) is 88.8 Å². The number of fused-ring (bicyclic) bond motifs is 2. The maximum Gasteiger partial charge on any atom is 0.308 e. The molecule has 39 heavy (non-hydrogen) atoms. The predicted octanol–water partition coefficient (Wildman–Crippen LogP) is 8.20. The highest BCUT2D eigenvalue weighted by Gasteiger charge is 2.66. The van der Waals surface area contributed by atoms with Crippen LogP contribution in [0.15, 0.2) is 12.2 Å². The Bertz CT molecular complexity index is 862. The van der Waals surface area contributed by atoms with Gasteiger partial charge < -0.3 is 23.4 Å². The van der Waals surface area contributed by atoms with Crippen molar-refractivity contribution in [1.29, 1.82) is 0 Å². The van der Waals surface area contributed by atoms with Crippen LogP contribution in [0.5, 0.6) is 0 Å². The van der Waals surface area contributed by atoms with Crippen LogP contribution in [0.3, 0.4) is 0 Å². The van der Waals surface area contributed by atoms with Gasteiger partial charge in [-0.15, -0.1) is 0 Å². The number of esters is 1. The van der Waals surface area contributed by atoms with E-state index in [4.69, 9.17) is 23.4 Å². The first-order valence-electron chi connectivity index (χ1n) is 16.1. The van der Waals surface area contributed by atoms with Crippen molar-refractivity contribution in [2.24, 2.45) is 5.92 Å². The van der Waals surface area contributed by atoms with Crippen LogP contribution in [-0.2, 0) is 28.2 Å². The maximum atomic E-state index is 13.1. The average molecular weight is 565 g/mol. The second-order valence-corrected chi connectivity index (χ2v) is 18.4. The SMILES string of the molecule is CC[Si](CC)(CC)O[C@]1(C)CC[C@H]2CC(=O)OC(C)(C)CCCCCC=CC[C@H]3O[C@]4(CC[C@@]1(O2)O4)C[C@H]3C. The van der Waals surface area contributed by atoms with Gasteiger partial charge in [0.1, 0.15) is 11.2 Å². The Kier molecular flexibility index (Phi) is 9.80. The fraction of sp³-hybridized carbons (Fsp3) is 0.906. The molecule has 6 atom stereocenters. The number of carbonyl (C=O) groups is 1. The van der Waals surface area contributed by atoms with E-state index in [1.807, 2.05) is 13.8 Å². The van der Waals surface area contributed by atoms with E-state index in [9.17, 15) is 4.79 Å². The average Bonchev–Trinajstić information content (AvgIpc) is 3.39. The van der Waals surface area contributed by atoms with Crippen LogP contribution in [0, 0.1) is 5.92 Å². The standard InChI is InChI=1S/C32H56O6Si/c1-8-39(9-2,10-3)38-30(7)20-18-26-23-28(33)36-29(5,6)19-16-14-12-11-13-15-17-27-25(4)24-31(35-27)21-22-32(30,34-26)37-31/h13,15,25-27H,8-12,14,16-24H2,1-7H3/t25-,26+,27-,30-,31+,32-/m1/s1. The molecule has 0 aromatic rings. The van der Waals surface area contributed by atoms with Crippen LogP contribution >= 0.6 is 0 Å². The normalized spacial score (nSPS) is 40.0. The quantitative estimate of drug-likeness (QED) is 0.191. The number of carbonyl (C=O) groups excluding carboxylic acids is 1. The van der Waals surface area contributed by atoms with Crippen molar-refractivity contribution >= 4 is 14.3 Å². The molecule has 224 valence electrons. The summed E-state index contributed by atoms with van der Waals surface area (Å²) in [7, 11) is -1.96. The summed E-state index contributed by atoms with van der Waals surface area (Å²) in [4.78, 5) is 13.1. The molecule has 4 aliphatic rings. The number of ether oxygens (including phenoxy) is 4. The Morgan fingerprint density at radius 2 is 1.69 bits per heavy atom. The molecule has 6 nitrogen and oxygen atoms in total. The summed E-state index contributed by atoms with van der Waals surface area (Å²) in [6.45, 7) is 15.4. The lowest BCUT2D eigenvalue weighted by molar-refractivity contribution is -0.383. The molecule has 4 aliphatic heterocycles. The second kappa shape index (κ2) is 12.2. The highest BCUT2D eigenvalue weighted by Crippen LogP contribution is 2.57. The summed E-state index contributed by atoms with van der Waals surface area (Å²) >= 11 is 0. The lowest BCUT2D eigenvalue weighted by Crippen LogP contribution is -2.64. The number of cyclic esters (lactones) is 1. The number of allylic oxidation sites excluding steroid dienone is 1. The van der Waals surface area contributed by atoms with Gasteiger partial charge in [-0.1, -0.05) is 46.3 Å². The van der Waals surface area contributed by atoms with Crippen molar-refractivity contribution < 1.29 is 28.2 Å². The molecule has 4 bridgehead atoms. The van der Waals surface area contributed by atoms with Gasteiger partial charge in [0.25, 0.3) is 0 Å². The zero-order valence-corrected chi connectivity index (χ0v) is 26.9. The molecule has 0 aliphatic carbocycles. The van der Waals surface area contributed by atoms with Gasteiger partial charge in [0.05, 0.1) is 18.6 Å². The van der Waals surface area contributed by atoms with Crippen LogP contribution in [0.1, 0.15) is 126 Å². The zero-order chi connectivity index (χ0) is 28.4. The van der Waals surface area contributed by atoms with Crippen molar-refractivity contribution in [3.63, 3.8) is 0 Å². The van der Waals surface area contributed by atoms with Crippen molar-refractivity contribution in [1.82, 2.24) is 0 Å². The van der Waals surface area contributed by atoms with Gasteiger partial charge in [-0.3, -0.25) is 4.79 Å². The van der Waals surface area contributed by atoms with Crippen LogP contribution < -0.4 is 0 Å². The van der Waals surface area contributed by atoms with E-state index >= 15 is 0 Å². The second-order valence-electron chi connectivity index (χ2n) is 13.7. The summed E-state index contributed by atoms with van der Waals surface area (Å²) in [5, 5.41) is 0. The first-order chi connectivity index (χ1) is 18.4. The molecule has 4 heterocycles. The van der Waals surface area contributed by atoms with E-state index in [1.54, 1.807) is 0 Å². The van der Waals surface area contributed by atoms with Gasteiger partial charge in [-0.05, 0) is 89.8 Å². The summed E-state index contributed by atoms with van der Waals surface area (Å²) in [6.07, 6.45) is 14.9. The number of rotatable bonds is 5. The monoisotopic (exact) mass is 564 g/mol. The molecule has 2 spiro atoms. The third-order valence-electron chi connectivity index (χ3n) is 10.3. The maximum absolute atomic E-state index is 13.1. The van der Waals surface area contributed by atoms with Gasteiger partial charge >= 0.3 is 5.97 Å². The molecule has 0 aromatic heterocycles. The molecule has 0 aromatic carbocycles. The molecule has 0 saturated carbocycles. The fourth-order valence-corrected chi connectivity index (χ4v) is 10.6. The van der Waals surface area contributed by atoms with Crippen molar-refractivity contribution in [2.75, 3.05) is 0 Å². The Morgan fingerprint density at radius 3 is 2.41 bits per heavy atom. The highest BCUT2D eigenvalue weighted by atomic mass is 28.4. The summed E-state index contributed by atoms with van der Waals surface area (Å²) in [6, 6.07) is 3.22. The van der Waals surface area contributed by atoms with Crippen molar-refractivity contribution in [2.45, 2.75) is 179 Å². The largest absolute Gasteiger partial charge is 0.460 e. The Labute approximate surface area is 239 Å². The van der Waals surface area contributed by atoms with Gasteiger partial charge in [0.2, 0.25) is 0 Å². The molecular weight excluding hydrogens is 508 g/mol. The molecule has 7 heteroatoms. The van der Waals surface area contributed by atoms with Crippen molar-refractivity contribution in [3.8, 4) is 0 Å². The van der Waals surface area contributed by atoms with Crippen LogP contribution in [0.25, 0.3) is 0 Å². The first-order valence-corrected chi connectivity index (χ1v) is 18.6. The molecule has 0 radical (unpaired) electrons. The topological polar surface area (TPSA) is 63.2 Å². The fourth-order valence-electron chi connectivity index (χ4n) is 7.50. The minimum Gasteiger partial charge on any atom is -0.460 e. The Morgan fingerprint density at radius 1 is 0.949 bits per heavy atom. The Hall–Kier alpha value is -0.733. The van der Waals surface area contributed by atoms with E-state index < -0.39 is 31.1 Å². The Balaban J connectivity index is 1.63. The van der Waals surface area contributed by atoms with Gasteiger partial charge in [-0.2, -0.15) is 0 Å². The summed E-state index contributed by atoms with van der Waals surface area (Å²) < 4.78 is 34.0. The minimum atomic E-state index is -1.96. The lowest BCUT2D eigenvalue weighted by Gasteiger charge is -2.54. The van der Waals surface area contributed by atoms with Gasteiger partial charge in [-0.25, -0.2) is 0 Å². The molecule has 0 unspecified atom stereocenters. The highest BCUT2D eigenvalue weighted by molar-refractivity contribution is 6.73. The molecule has 3 saturated heterocycles. The number of hydrogen-bond acceptors (Lipinski definition) is 6. The third-order valence-corrected chi connectivity index (χ3v) is 15.0. The lowest BCUT2D eigenvalue weighted by atomic mass is 9.83. The van der Waals surface area contributed by atoms with E-state index in [2.05, 4.69) is 46.8 Å². The van der Waals surface area contributed by atoms with E-state index in [1.165, 1.54) is 0 Å².